The van der Waals surface area contributed by atoms with Crippen LogP contribution in [0.15, 0.2) is 16.6 Å². The zero-order chi connectivity index (χ0) is 14.4. The van der Waals surface area contributed by atoms with E-state index in [1.165, 1.54) is 6.07 Å². The first-order valence-electron chi connectivity index (χ1n) is 4.93. The van der Waals surface area contributed by atoms with Gasteiger partial charge in [0.25, 0.3) is 0 Å². The Balaban J connectivity index is 2.42. The number of hydrogen-bond acceptors (Lipinski definition) is 3. The highest BCUT2D eigenvalue weighted by atomic mass is 79.9. The average Bonchev–Trinajstić information content (AvgIpc) is 2.72. The summed E-state index contributed by atoms with van der Waals surface area (Å²) >= 11 is 2.89. The van der Waals surface area contributed by atoms with Crippen LogP contribution in [-0.2, 0) is 0 Å². The quantitative estimate of drug-likeness (QED) is 0.834. The first-order valence-corrected chi connectivity index (χ1v) is 5.73. The van der Waals surface area contributed by atoms with Gasteiger partial charge in [-0.25, -0.2) is 0 Å². The van der Waals surface area contributed by atoms with Crippen molar-refractivity contribution in [1.82, 2.24) is 0 Å². The van der Waals surface area contributed by atoms with E-state index in [4.69, 9.17) is 15.2 Å². The molecule has 0 bridgehead atoms. The van der Waals surface area contributed by atoms with Crippen molar-refractivity contribution in [3.8, 4) is 11.5 Å². The fourth-order valence-corrected chi connectivity index (χ4v) is 2.11. The molecule has 0 aromatic heterocycles. The van der Waals surface area contributed by atoms with Crippen LogP contribution >= 0.6 is 15.9 Å². The van der Waals surface area contributed by atoms with Crippen LogP contribution in [0.1, 0.15) is 11.6 Å². The van der Waals surface area contributed by atoms with Gasteiger partial charge >= 0.3 is 12.1 Å². The van der Waals surface area contributed by atoms with E-state index in [-0.39, 0.29) is 22.8 Å². The molecular weight excluding hydrogens is 341 g/mol. The highest BCUT2D eigenvalue weighted by Crippen LogP contribution is 2.47. The van der Waals surface area contributed by atoms with E-state index in [1.807, 2.05) is 0 Å². The number of alkyl halides is 5. The number of benzene rings is 1. The second-order valence-corrected chi connectivity index (χ2v) is 4.68. The molecule has 0 saturated carbocycles. The van der Waals surface area contributed by atoms with Crippen molar-refractivity contribution in [3.05, 3.63) is 22.2 Å². The molecular formula is C10H7BrF5NO2. The minimum Gasteiger partial charge on any atom is -0.454 e. The summed E-state index contributed by atoms with van der Waals surface area (Å²) in [6, 6.07) is -0.294. The normalized spacial score (nSPS) is 16.6. The van der Waals surface area contributed by atoms with Crippen molar-refractivity contribution in [3.63, 3.8) is 0 Å². The highest BCUT2D eigenvalue weighted by Gasteiger charge is 2.62. The molecule has 0 spiro atoms. The maximum atomic E-state index is 13.2. The summed E-state index contributed by atoms with van der Waals surface area (Å²) in [6.07, 6.45) is -5.73. The van der Waals surface area contributed by atoms with Crippen LogP contribution in [0, 0.1) is 0 Å². The van der Waals surface area contributed by atoms with Gasteiger partial charge in [0, 0.05) is 4.47 Å². The summed E-state index contributed by atoms with van der Waals surface area (Å²) in [6.45, 7) is -0.129. The Hall–Kier alpha value is -1.09. The predicted molar refractivity (Wildman–Crippen MR) is 58.2 cm³/mol. The van der Waals surface area contributed by atoms with E-state index in [9.17, 15) is 22.0 Å². The third-order valence-corrected chi connectivity index (χ3v) is 3.28. The second-order valence-electron chi connectivity index (χ2n) is 3.83. The summed E-state index contributed by atoms with van der Waals surface area (Å²) in [5.74, 6) is -4.73. The Kier molecular flexibility index (Phi) is 3.38. The Labute approximate surface area is 112 Å². The van der Waals surface area contributed by atoms with Crippen molar-refractivity contribution in [2.45, 2.75) is 18.1 Å². The van der Waals surface area contributed by atoms with E-state index in [1.54, 1.807) is 0 Å². The number of nitrogens with two attached hydrogens (primary N) is 1. The maximum absolute atomic E-state index is 13.2. The van der Waals surface area contributed by atoms with Gasteiger partial charge in [-0.15, -0.1) is 0 Å². The van der Waals surface area contributed by atoms with Gasteiger partial charge in [0.05, 0.1) is 0 Å². The lowest BCUT2D eigenvalue weighted by Gasteiger charge is -2.26. The molecule has 0 aliphatic carbocycles. The van der Waals surface area contributed by atoms with Crippen molar-refractivity contribution < 1.29 is 31.4 Å². The third kappa shape index (κ3) is 2.36. The largest absolute Gasteiger partial charge is 0.455 e. The Morgan fingerprint density at radius 1 is 1.11 bits per heavy atom. The SMILES string of the molecule is N[C@H](c1cc2c(cc1Br)OCO2)C(F)(F)C(F)(F)F. The number of ether oxygens (including phenoxy) is 2. The third-order valence-electron chi connectivity index (χ3n) is 2.60. The van der Waals surface area contributed by atoms with Crippen LogP contribution in [0.25, 0.3) is 0 Å². The van der Waals surface area contributed by atoms with E-state index in [0.717, 1.165) is 6.07 Å². The molecule has 0 fully saturated rings. The minimum absolute atomic E-state index is 0.00632. The summed E-state index contributed by atoms with van der Waals surface area (Å²) in [5, 5.41) is 0. The number of fused-ring (bicyclic) bond motifs is 1. The molecule has 9 heteroatoms. The van der Waals surface area contributed by atoms with E-state index in [0.29, 0.717) is 0 Å². The van der Waals surface area contributed by atoms with Gasteiger partial charge in [-0.2, -0.15) is 22.0 Å². The van der Waals surface area contributed by atoms with Crippen molar-refractivity contribution in [2.75, 3.05) is 6.79 Å². The van der Waals surface area contributed by atoms with Crippen molar-refractivity contribution in [1.29, 1.82) is 0 Å². The smallest absolute Gasteiger partial charge is 0.454 e. The van der Waals surface area contributed by atoms with Crippen LogP contribution in [0.2, 0.25) is 0 Å². The average molecular weight is 348 g/mol. The fraction of sp³-hybridized carbons (Fsp3) is 0.400. The summed E-state index contributed by atoms with van der Waals surface area (Å²) in [4.78, 5) is 0. The zero-order valence-electron chi connectivity index (χ0n) is 9.10. The van der Waals surface area contributed by atoms with Crippen molar-refractivity contribution in [2.24, 2.45) is 5.73 Å². The molecule has 1 aromatic carbocycles. The molecule has 19 heavy (non-hydrogen) atoms. The van der Waals surface area contributed by atoms with Crippen LogP contribution in [-0.4, -0.2) is 18.9 Å². The van der Waals surface area contributed by atoms with Gasteiger partial charge in [-0.1, -0.05) is 15.9 Å². The Bertz CT molecular complexity index is 505. The molecule has 0 amide bonds. The summed E-state index contributed by atoms with van der Waals surface area (Å²) in [7, 11) is 0. The van der Waals surface area contributed by atoms with Crippen LogP contribution in [0.4, 0.5) is 22.0 Å². The Morgan fingerprint density at radius 2 is 1.63 bits per heavy atom. The molecule has 3 nitrogen and oxygen atoms in total. The molecule has 2 rings (SSSR count). The molecule has 0 unspecified atom stereocenters. The van der Waals surface area contributed by atoms with Crippen molar-refractivity contribution >= 4 is 15.9 Å². The molecule has 0 radical (unpaired) electrons. The second kappa shape index (κ2) is 4.48. The topological polar surface area (TPSA) is 44.5 Å². The molecule has 1 aliphatic heterocycles. The molecule has 1 heterocycles. The van der Waals surface area contributed by atoms with Crippen LogP contribution < -0.4 is 15.2 Å². The summed E-state index contributed by atoms with van der Waals surface area (Å²) in [5.41, 5.74) is 4.65. The molecule has 2 N–H and O–H groups in total. The lowest BCUT2D eigenvalue weighted by Crippen LogP contribution is -2.46. The van der Waals surface area contributed by atoms with E-state index >= 15 is 0 Å². The van der Waals surface area contributed by atoms with Gasteiger partial charge in [-0.05, 0) is 17.7 Å². The number of rotatable bonds is 2. The van der Waals surface area contributed by atoms with Gasteiger partial charge in [0.2, 0.25) is 6.79 Å². The number of halogens is 6. The molecule has 1 aromatic rings. The van der Waals surface area contributed by atoms with Gasteiger partial charge < -0.3 is 15.2 Å². The first-order chi connectivity index (χ1) is 8.64. The lowest BCUT2D eigenvalue weighted by atomic mass is 10.0. The van der Waals surface area contributed by atoms with Crippen LogP contribution in [0.5, 0.6) is 11.5 Å². The first kappa shape index (κ1) is 14.3. The monoisotopic (exact) mass is 347 g/mol. The molecule has 106 valence electrons. The standard InChI is InChI=1S/C10H7BrF5NO2/c11-5-2-7-6(18-3-19-7)1-4(5)8(17)9(12,13)10(14,15)16/h1-2,8H,3,17H2/t8-/m1/s1. The highest BCUT2D eigenvalue weighted by molar-refractivity contribution is 9.10. The van der Waals surface area contributed by atoms with Crippen LogP contribution in [0.3, 0.4) is 0 Å². The number of hydrogen-bond donors (Lipinski definition) is 1. The summed E-state index contributed by atoms with van der Waals surface area (Å²) < 4.78 is 73.1. The predicted octanol–water partition coefficient (Wildman–Crippen LogP) is 3.38. The zero-order valence-corrected chi connectivity index (χ0v) is 10.7. The Morgan fingerprint density at radius 3 is 2.16 bits per heavy atom. The molecule has 1 atom stereocenters. The molecule has 0 saturated heterocycles. The fourth-order valence-electron chi connectivity index (χ4n) is 1.54. The van der Waals surface area contributed by atoms with Gasteiger partial charge in [-0.3, -0.25) is 0 Å². The molecule has 1 aliphatic rings. The van der Waals surface area contributed by atoms with Gasteiger partial charge in [0.1, 0.15) is 6.04 Å². The van der Waals surface area contributed by atoms with Gasteiger partial charge in [0.15, 0.2) is 11.5 Å². The van der Waals surface area contributed by atoms with E-state index < -0.39 is 23.7 Å². The maximum Gasteiger partial charge on any atom is 0.455 e. The minimum atomic E-state index is -5.73. The van der Waals surface area contributed by atoms with E-state index in [2.05, 4.69) is 15.9 Å². The lowest BCUT2D eigenvalue weighted by molar-refractivity contribution is -0.291.